The summed E-state index contributed by atoms with van der Waals surface area (Å²) in [5, 5.41) is 11.1. The Labute approximate surface area is 87.1 Å². The fourth-order valence-corrected chi connectivity index (χ4v) is 1.76. The molecule has 0 aromatic heterocycles. The fourth-order valence-electron chi connectivity index (χ4n) is 1.76. The molecule has 0 unspecified atom stereocenters. The number of anilines is 1. The highest BCUT2D eigenvalue weighted by Crippen LogP contribution is 2.31. The van der Waals surface area contributed by atoms with E-state index in [1.807, 2.05) is 6.07 Å². The van der Waals surface area contributed by atoms with Gasteiger partial charge < -0.3 is 10.8 Å². The summed E-state index contributed by atoms with van der Waals surface area (Å²) in [6.07, 6.45) is 0. The van der Waals surface area contributed by atoms with Crippen LogP contribution in [0.5, 0.6) is 5.75 Å². The SMILES string of the molecule is CC(=O)c1c(N)ccc2cccc(O)c12. The van der Waals surface area contributed by atoms with Crippen molar-refractivity contribution in [2.45, 2.75) is 6.92 Å². The summed E-state index contributed by atoms with van der Waals surface area (Å²) in [6, 6.07) is 8.59. The second kappa shape index (κ2) is 3.28. The van der Waals surface area contributed by atoms with Crippen LogP contribution in [0, 0.1) is 0 Å². The predicted octanol–water partition coefficient (Wildman–Crippen LogP) is 2.33. The Hall–Kier alpha value is -2.03. The van der Waals surface area contributed by atoms with E-state index in [1.54, 1.807) is 24.3 Å². The first-order valence-electron chi connectivity index (χ1n) is 4.62. The van der Waals surface area contributed by atoms with Crippen molar-refractivity contribution in [2.24, 2.45) is 0 Å². The summed E-state index contributed by atoms with van der Waals surface area (Å²) >= 11 is 0. The molecule has 0 saturated heterocycles. The number of phenolic OH excluding ortho intramolecular Hbond substituents is 1. The molecule has 3 heteroatoms. The maximum absolute atomic E-state index is 11.4. The number of aromatic hydroxyl groups is 1. The maximum Gasteiger partial charge on any atom is 0.162 e. The van der Waals surface area contributed by atoms with E-state index in [1.165, 1.54) is 6.92 Å². The van der Waals surface area contributed by atoms with Gasteiger partial charge in [-0.3, -0.25) is 4.79 Å². The van der Waals surface area contributed by atoms with Crippen LogP contribution in [0.25, 0.3) is 10.8 Å². The molecule has 0 aliphatic carbocycles. The first-order valence-corrected chi connectivity index (χ1v) is 4.62. The summed E-state index contributed by atoms with van der Waals surface area (Å²) in [5.41, 5.74) is 6.52. The molecular formula is C12H11NO2. The molecule has 0 bridgehead atoms. The van der Waals surface area contributed by atoms with Crippen LogP contribution >= 0.6 is 0 Å². The van der Waals surface area contributed by atoms with Crippen molar-refractivity contribution in [1.29, 1.82) is 0 Å². The van der Waals surface area contributed by atoms with Gasteiger partial charge in [-0.2, -0.15) is 0 Å². The summed E-state index contributed by atoms with van der Waals surface area (Å²) in [4.78, 5) is 11.4. The molecule has 15 heavy (non-hydrogen) atoms. The van der Waals surface area contributed by atoms with Gasteiger partial charge in [-0.15, -0.1) is 0 Å². The number of phenols is 1. The highest BCUT2D eigenvalue weighted by molar-refractivity contribution is 6.13. The number of benzene rings is 2. The number of nitrogens with two attached hydrogens (primary N) is 1. The van der Waals surface area contributed by atoms with Gasteiger partial charge in [0, 0.05) is 11.1 Å². The van der Waals surface area contributed by atoms with E-state index in [0.29, 0.717) is 16.6 Å². The number of fused-ring (bicyclic) bond motifs is 1. The van der Waals surface area contributed by atoms with Crippen molar-refractivity contribution in [2.75, 3.05) is 5.73 Å². The minimum Gasteiger partial charge on any atom is -0.507 e. The van der Waals surface area contributed by atoms with Crippen LogP contribution in [0.3, 0.4) is 0 Å². The largest absolute Gasteiger partial charge is 0.507 e. The highest BCUT2D eigenvalue weighted by Gasteiger charge is 2.12. The van der Waals surface area contributed by atoms with Crippen molar-refractivity contribution in [3.63, 3.8) is 0 Å². The molecule has 3 N–H and O–H groups in total. The number of ketones is 1. The Kier molecular flexibility index (Phi) is 2.08. The molecule has 0 saturated carbocycles. The van der Waals surface area contributed by atoms with Gasteiger partial charge >= 0.3 is 0 Å². The molecular weight excluding hydrogens is 190 g/mol. The summed E-state index contributed by atoms with van der Waals surface area (Å²) in [7, 11) is 0. The molecule has 76 valence electrons. The fraction of sp³-hybridized carbons (Fsp3) is 0.0833. The molecule has 0 radical (unpaired) electrons. The number of hydrogen-bond donors (Lipinski definition) is 2. The van der Waals surface area contributed by atoms with E-state index in [2.05, 4.69) is 0 Å². The third-order valence-corrected chi connectivity index (χ3v) is 2.41. The molecule has 0 heterocycles. The average molecular weight is 201 g/mol. The first kappa shape index (κ1) is 9.52. The van der Waals surface area contributed by atoms with E-state index < -0.39 is 0 Å². The molecule has 3 nitrogen and oxygen atoms in total. The van der Waals surface area contributed by atoms with Crippen molar-refractivity contribution >= 4 is 22.2 Å². The lowest BCUT2D eigenvalue weighted by molar-refractivity contribution is 0.102. The number of carbonyl (C=O) groups excluding carboxylic acids is 1. The number of rotatable bonds is 1. The van der Waals surface area contributed by atoms with E-state index >= 15 is 0 Å². The molecule has 0 aliphatic rings. The molecule has 2 aromatic carbocycles. The molecule has 0 atom stereocenters. The van der Waals surface area contributed by atoms with Crippen molar-refractivity contribution in [3.8, 4) is 5.75 Å². The van der Waals surface area contributed by atoms with Crippen LogP contribution in [0.2, 0.25) is 0 Å². The topological polar surface area (TPSA) is 63.3 Å². The Balaban J connectivity index is 2.97. The van der Waals surface area contributed by atoms with Crippen LogP contribution in [0.15, 0.2) is 30.3 Å². The summed E-state index contributed by atoms with van der Waals surface area (Å²) < 4.78 is 0. The van der Waals surface area contributed by atoms with Gasteiger partial charge in [0.1, 0.15) is 5.75 Å². The van der Waals surface area contributed by atoms with E-state index in [9.17, 15) is 9.90 Å². The van der Waals surface area contributed by atoms with Gasteiger partial charge in [0.05, 0.1) is 5.56 Å². The van der Waals surface area contributed by atoms with Crippen molar-refractivity contribution < 1.29 is 9.90 Å². The third-order valence-electron chi connectivity index (χ3n) is 2.41. The Morgan fingerprint density at radius 1 is 1.27 bits per heavy atom. The lowest BCUT2D eigenvalue weighted by atomic mass is 9.99. The monoisotopic (exact) mass is 201 g/mol. The highest BCUT2D eigenvalue weighted by atomic mass is 16.3. The van der Waals surface area contributed by atoms with Gasteiger partial charge in [-0.25, -0.2) is 0 Å². The summed E-state index contributed by atoms with van der Waals surface area (Å²) in [5.74, 6) is -0.0513. The summed E-state index contributed by atoms with van der Waals surface area (Å²) in [6.45, 7) is 1.44. The second-order valence-corrected chi connectivity index (χ2v) is 3.46. The zero-order chi connectivity index (χ0) is 11.0. The lowest BCUT2D eigenvalue weighted by Crippen LogP contribution is -2.00. The number of nitrogen functional groups attached to an aromatic ring is 1. The molecule has 2 rings (SSSR count). The quantitative estimate of drug-likeness (QED) is 0.549. The van der Waals surface area contributed by atoms with Crippen LogP contribution in [-0.2, 0) is 0 Å². The Morgan fingerprint density at radius 2 is 2.00 bits per heavy atom. The van der Waals surface area contributed by atoms with Crippen LogP contribution < -0.4 is 5.73 Å². The van der Waals surface area contributed by atoms with E-state index in [-0.39, 0.29) is 11.5 Å². The van der Waals surface area contributed by atoms with Gasteiger partial charge in [-0.1, -0.05) is 18.2 Å². The first-order chi connectivity index (χ1) is 7.11. The van der Waals surface area contributed by atoms with Crippen molar-refractivity contribution in [3.05, 3.63) is 35.9 Å². The average Bonchev–Trinajstić information content (AvgIpc) is 2.18. The van der Waals surface area contributed by atoms with Crippen molar-refractivity contribution in [1.82, 2.24) is 0 Å². The molecule has 0 amide bonds. The molecule has 2 aromatic rings. The standard InChI is InChI=1S/C12H11NO2/c1-7(14)11-9(13)6-5-8-3-2-4-10(15)12(8)11/h2-6,15H,13H2,1H3. The minimum absolute atomic E-state index is 0.0880. The molecule has 0 aliphatic heterocycles. The van der Waals surface area contributed by atoms with Crippen LogP contribution in [-0.4, -0.2) is 10.9 Å². The zero-order valence-corrected chi connectivity index (χ0v) is 8.32. The zero-order valence-electron chi connectivity index (χ0n) is 8.32. The normalized spacial score (nSPS) is 10.5. The minimum atomic E-state index is -0.139. The number of Topliss-reactive ketones (excluding diaryl/α,β-unsaturated/α-hetero) is 1. The van der Waals surface area contributed by atoms with E-state index in [4.69, 9.17) is 5.73 Å². The smallest absolute Gasteiger partial charge is 0.162 e. The number of carbonyl (C=O) groups is 1. The maximum atomic E-state index is 11.4. The third kappa shape index (κ3) is 1.42. The Morgan fingerprint density at radius 3 is 2.67 bits per heavy atom. The predicted molar refractivity (Wildman–Crippen MR) is 60.0 cm³/mol. The number of hydrogen-bond acceptors (Lipinski definition) is 3. The van der Waals surface area contributed by atoms with Gasteiger partial charge in [0.2, 0.25) is 0 Å². The van der Waals surface area contributed by atoms with Gasteiger partial charge in [-0.05, 0) is 24.4 Å². The van der Waals surface area contributed by atoms with Gasteiger partial charge in [0.25, 0.3) is 0 Å². The van der Waals surface area contributed by atoms with Crippen LogP contribution in [0.1, 0.15) is 17.3 Å². The molecule has 0 spiro atoms. The lowest BCUT2D eigenvalue weighted by Gasteiger charge is -2.08. The van der Waals surface area contributed by atoms with Crippen LogP contribution in [0.4, 0.5) is 5.69 Å². The van der Waals surface area contributed by atoms with E-state index in [0.717, 1.165) is 5.39 Å². The molecule has 0 fully saturated rings. The Bertz CT molecular complexity index is 547. The van der Waals surface area contributed by atoms with Gasteiger partial charge in [0.15, 0.2) is 5.78 Å². The second-order valence-electron chi connectivity index (χ2n) is 3.46.